The Kier molecular flexibility index (Phi) is 5.58. The van der Waals surface area contributed by atoms with Crippen molar-refractivity contribution in [1.29, 1.82) is 0 Å². The molecule has 0 aliphatic heterocycles. The summed E-state index contributed by atoms with van der Waals surface area (Å²) in [6.45, 7) is 2.75. The third-order valence-corrected chi connectivity index (χ3v) is 3.47. The van der Waals surface area contributed by atoms with E-state index in [4.69, 9.17) is 19.7 Å². The Hall–Kier alpha value is -1.60. The molecule has 1 aromatic carbocycles. The number of halogens is 1. The van der Waals surface area contributed by atoms with E-state index < -0.39 is 0 Å². The van der Waals surface area contributed by atoms with Crippen LogP contribution in [0, 0.1) is 0 Å². The van der Waals surface area contributed by atoms with Crippen molar-refractivity contribution in [2.75, 3.05) is 13.7 Å². The molecule has 0 atom stereocenters. The van der Waals surface area contributed by atoms with E-state index in [1.807, 2.05) is 19.1 Å². The van der Waals surface area contributed by atoms with Gasteiger partial charge in [0.25, 0.3) is 0 Å². The van der Waals surface area contributed by atoms with Gasteiger partial charge in [-0.15, -0.1) is 0 Å². The summed E-state index contributed by atoms with van der Waals surface area (Å²) in [5.74, 6) is 2.36. The van der Waals surface area contributed by atoms with E-state index in [0.29, 0.717) is 36.2 Å². The smallest absolute Gasteiger partial charge is 0.226 e. The van der Waals surface area contributed by atoms with Crippen molar-refractivity contribution < 1.29 is 14.0 Å². The topological polar surface area (TPSA) is 83.4 Å². The summed E-state index contributed by atoms with van der Waals surface area (Å²) >= 11 is 3.49. The predicted octanol–water partition coefficient (Wildman–Crippen LogP) is 2.48. The van der Waals surface area contributed by atoms with Crippen LogP contribution in [-0.4, -0.2) is 23.8 Å². The normalized spacial score (nSPS) is 10.7. The van der Waals surface area contributed by atoms with E-state index in [0.717, 1.165) is 16.5 Å². The zero-order chi connectivity index (χ0) is 15.2. The third kappa shape index (κ3) is 3.95. The first-order valence-corrected chi connectivity index (χ1v) is 7.48. The number of hydrogen-bond acceptors (Lipinski definition) is 6. The summed E-state index contributed by atoms with van der Waals surface area (Å²) in [6, 6.07) is 3.89. The van der Waals surface area contributed by atoms with E-state index in [9.17, 15) is 0 Å². The molecule has 2 N–H and O–H groups in total. The van der Waals surface area contributed by atoms with Gasteiger partial charge in [0.2, 0.25) is 11.7 Å². The number of rotatable bonds is 7. The average Bonchev–Trinajstić information content (AvgIpc) is 2.94. The lowest BCUT2D eigenvalue weighted by Crippen LogP contribution is -2.04. The molecule has 0 saturated heterocycles. The van der Waals surface area contributed by atoms with Gasteiger partial charge in [-0.25, -0.2) is 0 Å². The maximum absolute atomic E-state index is 5.75. The fraction of sp³-hybridized carbons (Fsp3) is 0.429. The Morgan fingerprint density at radius 3 is 2.81 bits per heavy atom. The van der Waals surface area contributed by atoms with Gasteiger partial charge in [0.1, 0.15) is 0 Å². The van der Waals surface area contributed by atoms with Gasteiger partial charge in [-0.3, -0.25) is 0 Å². The fourth-order valence-electron chi connectivity index (χ4n) is 1.85. The number of nitrogens with zero attached hydrogens (tertiary/aromatic N) is 2. The minimum atomic E-state index is 0.217. The third-order valence-electron chi connectivity index (χ3n) is 2.88. The molecule has 2 aromatic rings. The van der Waals surface area contributed by atoms with E-state index in [1.54, 1.807) is 7.11 Å². The van der Waals surface area contributed by atoms with Crippen LogP contribution >= 0.6 is 15.9 Å². The zero-order valence-electron chi connectivity index (χ0n) is 12.1. The van der Waals surface area contributed by atoms with Gasteiger partial charge in [-0.05, 0) is 46.6 Å². The molecule has 0 aliphatic rings. The Labute approximate surface area is 131 Å². The maximum Gasteiger partial charge on any atom is 0.226 e. The van der Waals surface area contributed by atoms with Crippen molar-refractivity contribution in [1.82, 2.24) is 10.1 Å². The molecule has 1 heterocycles. The Balaban J connectivity index is 2.14. The average molecular weight is 356 g/mol. The lowest BCUT2D eigenvalue weighted by Gasteiger charge is -2.13. The monoisotopic (exact) mass is 355 g/mol. The van der Waals surface area contributed by atoms with Crippen LogP contribution in [0.15, 0.2) is 21.1 Å². The van der Waals surface area contributed by atoms with Crippen LogP contribution in [0.3, 0.4) is 0 Å². The number of ether oxygens (including phenoxy) is 2. The van der Waals surface area contributed by atoms with Crippen molar-refractivity contribution in [3.8, 4) is 11.5 Å². The summed E-state index contributed by atoms with van der Waals surface area (Å²) in [7, 11) is 1.60. The van der Waals surface area contributed by atoms with Gasteiger partial charge in [0, 0.05) is 6.42 Å². The molecule has 6 nitrogen and oxygen atoms in total. The standard InChI is InChI=1S/C14H18BrN3O3/c1-3-13-17-12(18-21-13)8-20-14-10(15)6-9(4-5-16)7-11(14)19-2/h6-7H,3-5,8,16H2,1-2H3. The van der Waals surface area contributed by atoms with Gasteiger partial charge < -0.3 is 19.7 Å². The Bertz CT molecular complexity index is 601. The molecule has 0 radical (unpaired) electrons. The minimum Gasteiger partial charge on any atom is -0.493 e. The molecule has 7 heteroatoms. The van der Waals surface area contributed by atoms with E-state index >= 15 is 0 Å². The molecule has 2 rings (SSSR count). The molecule has 0 saturated carbocycles. The lowest BCUT2D eigenvalue weighted by atomic mass is 10.1. The quantitative estimate of drug-likeness (QED) is 0.821. The highest BCUT2D eigenvalue weighted by Gasteiger charge is 2.13. The van der Waals surface area contributed by atoms with Crippen molar-refractivity contribution in [3.63, 3.8) is 0 Å². The van der Waals surface area contributed by atoms with E-state index in [-0.39, 0.29) is 6.61 Å². The molecule has 0 spiro atoms. The molecule has 0 bridgehead atoms. The second-order valence-electron chi connectivity index (χ2n) is 4.39. The first-order chi connectivity index (χ1) is 10.2. The largest absolute Gasteiger partial charge is 0.493 e. The van der Waals surface area contributed by atoms with Gasteiger partial charge >= 0.3 is 0 Å². The molecule has 0 unspecified atom stereocenters. The number of methoxy groups -OCH3 is 1. The van der Waals surface area contributed by atoms with E-state index in [1.165, 1.54) is 0 Å². The molecule has 21 heavy (non-hydrogen) atoms. The molecular formula is C14H18BrN3O3. The first-order valence-electron chi connectivity index (χ1n) is 6.68. The minimum absolute atomic E-state index is 0.217. The van der Waals surface area contributed by atoms with Crippen LogP contribution in [0.2, 0.25) is 0 Å². The fourth-order valence-corrected chi connectivity index (χ4v) is 2.46. The molecule has 114 valence electrons. The van der Waals surface area contributed by atoms with Crippen LogP contribution in [0.5, 0.6) is 11.5 Å². The van der Waals surface area contributed by atoms with Crippen molar-refractivity contribution in [3.05, 3.63) is 33.9 Å². The summed E-state index contributed by atoms with van der Waals surface area (Å²) < 4.78 is 17.0. The van der Waals surface area contributed by atoms with Gasteiger partial charge in [0.15, 0.2) is 18.1 Å². The van der Waals surface area contributed by atoms with Gasteiger partial charge in [-0.1, -0.05) is 12.1 Å². The second kappa shape index (κ2) is 7.42. The molecule has 0 aliphatic carbocycles. The molecule has 1 aromatic heterocycles. The number of nitrogens with two attached hydrogens (primary N) is 1. The van der Waals surface area contributed by atoms with Crippen LogP contribution in [0.1, 0.15) is 24.2 Å². The second-order valence-corrected chi connectivity index (χ2v) is 5.25. The van der Waals surface area contributed by atoms with Crippen molar-refractivity contribution in [2.24, 2.45) is 5.73 Å². The van der Waals surface area contributed by atoms with E-state index in [2.05, 4.69) is 26.1 Å². The van der Waals surface area contributed by atoms with Gasteiger partial charge in [-0.2, -0.15) is 4.98 Å². The number of hydrogen-bond donors (Lipinski definition) is 1. The predicted molar refractivity (Wildman–Crippen MR) is 81.5 cm³/mol. The van der Waals surface area contributed by atoms with Crippen molar-refractivity contribution in [2.45, 2.75) is 26.4 Å². The zero-order valence-corrected chi connectivity index (χ0v) is 13.6. The maximum atomic E-state index is 5.75. The summed E-state index contributed by atoms with van der Waals surface area (Å²) in [5.41, 5.74) is 6.66. The van der Waals surface area contributed by atoms with Crippen LogP contribution in [0.4, 0.5) is 0 Å². The highest BCUT2D eigenvalue weighted by Crippen LogP contribution is 2.37. The highest BCUT2D eigenvalue weighted by molar-refractivity contribution is 9.10. The first kappa shape index (κ1) is 15.8. The molecule has 0 amide bonds. The number of aromatic nitrogens is 2. The summed E-state index contributed by atoms with van der Waals surface area (Å²) in [6.07, 6.45) is 1.48. The highest BCUT2D eigenvalue weighted by atomic mass is 79.9. The number of aryl methyl sites for hydroxylation is 1. The van der Waals surface area contributed by atoms with Crippen LogP contribution in [0.25, 0.3) is 0 Å². The Morgan fingerprint density at radius 2 is 2.19 bits per heavy atom. The summed E-state index contributed by atoms with van der Waals surface area (Å²) in [5, 5.41) is 3.85. The summed E-state index contributed by atoms with van der Waals surface area (Å²) in [4.78, 5) is 4.20. The van der Waals surface area contributed by atoms with Crippen LogP contribution < -0.4 is 15.2 Å². The molecular weight excluding hydrogens is 338 g/mol. The SMILES string of the molecule is CCc1nc(COc2c(Br)cc(CCN)cc2OC)no1. The van der Waals surface area contributed by atoms with Gasteiger partial charge in [0.05, 0.1) is 11.6 Å². The Morgan fingerprint density at radius 1 is 1.38 bits per heavy atom. The molecule has 0 fully saturated rings. The van der Waals surface area contributed by atoms with Crippen LogP contribution in [-0.2, 0) is 19.4 Å². The lowest BCUT2D eigenvalue weighted by molar-refractivity contribution is 0.267. The van der Waals surface area contributed by atoms with Crippen molar-refractivity contribution >= 4 is 15.9 Å². The number of benzene rings is 1.